The number of likely N-dealkylation sites (N-methyl/N-ethyl adjacent to an activating group) is 1. The molecule has 1 heterocycles. The molecule has 5 heteroatoms. The van der Waals surface area contributed by atoms with Crippen LogP contribution in [0.5, 0.6) is 0 Å². The summed E-state index contributed by atoms with van der Waals surface area (Å²) in [6, 6.07) is 3.91. The van der Waals surface area contributed by atoms with Gasteiger partial charge in [0.05, 0.1) is 6.54 Å². The van der Waals surface area contributed by atoms with Crippen molar-refractivity contribution in [2.75, 3.05) is 18.5 Å². The lowest BCUT2D eigenvalue weighted by Gasteiger charge is -2.19. The number of nitrogens with one attached hydrogen (secondary N) is 1. The molecule has 0 fully saturated rings. The highest BCUT2D eigenvalue weighted by Gasteiger charge is 2.09. The van der Waals surface area contributed by atoms with Crippen molar-refractivity contribution in [3.05, 3.63) is 23.9 Å². The second-order valence-corrected chi connectivity index (χ2v) is 4.30. The molecule has 0 saturated carbocycles. The molecule has 0 unspecified atom stereocenters. The van der Waals surface area contributed by atoms with Crippen LogP contribution in [-0.2, 0) is 11.3 Å². The molecule has 0 aromatic carbocycles. The average Bonchev–Trinajstić information content (AvgIpc) is 2.27. The number of aromatic nitrogens is 1. The van der Waals surface area contributed by atoms with Gasteiger partial charge in [-0.05, 0) is 31.5 Å². The number of rotatable bonds is 5. The van der Waals surface area contributed by atoms with Crippen molar-refractivity contribution in [3.63, 3.8) is 0 Å². The molecule has 0 bridgehead atoms. The van der Waals surface area contributed by atoms with Gasteiger partial charge in [0.25, 0.3) is 0 Å². The molecule has 1 aromatic rings. The number of anilines is 1. The number of pyridine rings is 1. The topological polar surface area (TPSA) is 71.2 Å². The molecule has 5 nitrogen and oxygen atoms in total. The van der Waals surface area contributed by atoms with Crippen LogP contribution in [0.25, 0.3) is 0 Å². The molecule has 3 N–H and O–H groups in total. The third-order valence-electron chi connectivity index (χ3n) is 2.27. The van der Waals surface area contributed by atoms with Crippen molar-refractivity contribution in [2.24, 2.45) is 5.73 Å². The Morgan fingerprint density at radius 1 is 1.59 bits per heavy atom. The van der Waals surface area contributed by atoms with Gasteiger partial charge in [-0.3, -0.25) is 4.79 Å². The van der Waals surface area contributed by atoms with Gasteiger partial charge in [-0.25, -0.2) is 4.98 Å². The Kier molecular flexibility index (Phi) is 4.90. The van der Waals surface area contributed by atoms with Crippen molar-refractivity contribution >= 4 is 11.7 Å². The van der Waals surface area contributed by atoms with Gasteiger partial charge >= 0.3 is 0 Å². The first-order chi connectivity index (χ1) is 8.02. The van der Waals surface area contributed by atoms with E-state index >= 15 is 0 Å². The molecule has 0 radical (unpaired) electrons. The van der Waals surface area contributed by atoms with Gasteiger partial charge in [-0.2, -0.15) is 0 Å². The molecule has 0 aliphatic rings. The van der Waals surface area contributed by atoms with E-state index in [-0.39, 0.29) is 11.9 Å². The van der Waals surface area contributed by atoms with Gasteiger partial charge in [0.1, 0.15) is 5.82 Å². The van der Waals surface area contributed by atoms with E-state index in [2.05, 4.69) is 10.3 Å². The largest absolute Gasteiger partial charge is 0.352 e. The van der Waals surface area contributed by atoms with Crippen LogP contribution in [0.3, 0.4) is 0 Å². The molecule has 1 rings (SSSR count). The molecule has 1 amide bonds. The summed E-state index contributed by atoms with van der Waals surface area (Å²) < 4.78 is 0. The normalized spacial score (nSPS) is 10.4. The number of amides is 1. The van der Waals surface area contributed by atoms with Crippen LogP contribution in [0.15, 0.2) is 18.3 Å². The maximum atomic E-state index is 11.6. The van der Waals surface area contributed by atoms with Crippen molar-refractivity contribution in [2.45, 2.75) is 26.4 Å². The summed E-state index contributed by atoms with van der Waals surface area (Å²) in [4.78, 5) is 17.6. The maximum Gasteiger partial charge on any atom is 0.239 e. The molecular formula is C12H20N4O. The van der Waals surface area contributed by atoms with E-state index in [4.69, 9.17) is 5.73 Å². The lowest BCUT2D eigenvalue weighted by Crippen LogP contribution is -2.38. The minimum absolute atomic E-state index is 0.0116. The van der Waals surface area contributed by atoms with E-state index in [1.165, 1.54) is 0 Å². The Morgan fingerprint density at radius 2 is 2.29 bits per heavy atom. The second kappa shape index (κ2) is 6.20. The molecule has 17 heavy (non-hydrogen) atoms. The summed E-state index contributed by atoms with van der Waals surface area (Å²) in [7, 11) is 1.84. The van der Waals surface area contributed by atoms with Crippen LogP contribution < -0.4 is 16.0 Å². The minimum Gasteiger partial charge on any atom is -0.352 e. The van der Waals surface area contributed by atoms with E-state index < -0.39 is 0 Å². The summed E-state index contributed by atoms with van der Waals surface area (Å²) in [5.41, 5.74) is 6.57. The molecule has 1 aromatic heterocycles. The average molecular weight is 236 g/mol. The Bertz CT molecular complexity index is 379. The second-order valence-electron chi connectivity index (χ2n) is 4.30. The first-order valence-corrected chi connectivity index (χ1v) is 5.68. The Balaban J connectivity index is 2.62. The van der Waals surface area contributed by atoms with Gasteiger partial charge < -0.3 is 16.0 Å². The Hall–Kier alpha value is -1.62. The predicted molar refractivity (Wildman–Crippen MR) is 68.7 cm³/mol. The van der Waals surface area contributed by atoms with Crippen molar-refractivity contribution in [1.82, 2.24) is 10.3 Å². The number of nitrogens with two attached hydrogens (primary N) is 1. The summed E-state index contributed by atoms with van der Waals surface area (Å²) in [6.07, 6.45) is 1.70. The van der Waals surface area contributed by atoms with Gasteiger partial charge in [0, 0.05) is 25.8 Å². The summed E-state index contributed by atoms with van der Waals surface area (Å²) in [6.45, 7) is 4.64. The molecule has 0 saturated heterocycles. The Labute approximate surface area is 102 Å². The fourth-order valence-electron chi connectivity index (χ4n) is 1.46. The third kappa shape index (κ3) is 4.40. The van der Waals surface area contributed by atoms with Gasteiger partial charge in [0.2, 0.25) is 5.91 Å². The molecule has 94 valence electrons. The maximum absolute atomic E-state index is 11.6. The smallest absolute Gasteiger partial charge is 0.239 e. The molecule has 0 aliphatic heterocycles. The van der Waals surface area contributed by atoms with Gasteiger partial charge in [0.15, 0.2) is 0 Å². The fraction of sp³-hybridized carbons (Fsp3) is 0.500. The third-order valence-corrected chi connectivity index (χ3v) is 2.27. The molecule has 0 atom stereocenters. The zero-order valence-corrected chi connectivity index (χ0v) is 10.6. The lowest BCUT2D eigenvalue weighted by atomic mass is 10.2. The number of carbonyl (C=O) groups is 1. The lowest BCUT2D eigenvalue weighted by molar-refractivity contribution is -0.120. The van der Waals surface area contributed by atoms with E-state index in [1.54, 1.807) is 11.1 Å². The van der Waals surface area contributed by atoms with E-state index in [0.717, 1.165) is 11.4 Å². The number of hydrogen-bond donors (Lipinski definition) is 2. The number of carbonyl (C=O) groups excluding carboxylic acids is 1. The highest BCUT2D eigenvalue weighted by molar-refractivity contribution is 5.81. The summed E-state index contributed by atoms with van der Waals surface area (Å²) in [5.74, 6) is 0.745. The van der Waals surface area contributed by atoms with Crippen molar-refractivity contribution in [1.29, 1.82) is 0 Å². The van der Waals surface area contributed by atoms with Crippen LogP contribution in [0.1, 0.15) is 19.4 Å². The van der Waals surface area contributed by atoms with Crippen LogP contribution in [-0.4, -0.2) is 30.5 Å². The minimum atomic E-state index is -0.0116. The molecule has 0 spiro atoms. The monoisotopic (exact) mass is 236 g/mol. The van der Waals surface area contributed by atoms with Crippen LogP contribution in [0.2, 0.25) is 0 Å². The van der Waals surface area contributed by atoms with E-state index in [9.17, 15) is 4.79 Å². The SMILES string of the molecule is CC(C)NC(=O)CN(C)c1cc(CN)ccn1. The fourth-order valence-corrected chi connectivity index (χ4v) is 1.46. The highest BCUT2D eigenvalue weighted by atomic mass is 16.2. The Morgan fingerprint density at radius 3 is 2.88 bits per heavy atom. The van der Waals surface area contributed by atoms with Crippen LogP contribution >= 0.6 is 0 Å². The van der Waals surface area contributed by atoms with Crippen molar-refractivity contribution < 1.29 is 4.79 Å². The predicted octanol–water partition coefficient (Wildman–Crippen LogP) is 0.501. The first-order valence-electron chi connectivity index (χ1n) is 5.68. The van der Waals surface area contributed by atoms with Crippen molar-refractivity contribution in [3.8, 4) is 0 Å². The van der Waals surface area contributed by atoms with E-state index in [0.29, 0.717) is 13.1 Å². The van der Waals surface area contributed by atoms with E-state index in [1.807, 2.05) is 33.0 Å². The zero-order chi connectivity index (χ0) is 12.8. The zero-order valence-electron chi connectivity index (χ0n) is 10.6. The standard InChI is InChI=1S/C12H20N4O/c1-9(2)15-12(17)8-16(3)11-6-10(7-13)4-5-14-11/h4-6,9H,7-8,13H2,1-3H3,(H,15,17). The number of hydrogen-bond acceptors (Lipinski definition) is 4. The quantitative estimate of drug-likeness (QED) is 0.781. The van der Waals surface area contributed by atoms with Gasteiger partial charge in [-0.1, -0.05) is 0 Å². The summed E-state index contributed by atoms with van der Waals surface area (Å²) >= 11 is 0. The summed E-state index contributed by atoms with van der Waals surface area (Å²) in [5, 5.41) is 2.84. The van der Waals surface area contributed by atoms with Crippen LogP contribution in [0.4, 0.5) is 5.82 Å². The molecular weight excluding hydrogens is 216 g/mol. The highest BCUT2D eigenvalue weighted by Crippen LogP contribution is 2.10. The van der Waals surface area contributed by atoms with Gasteiger partial charge in [-0.15, -0.1) is 0 Å². The van der Waals surface area contributed by atoms with Crippen LogP contribution in [0, 0.1) is 0 Å². The molecule has 0 aliphatic carbocycles. The first kappa shape index (κ1) is 13.4. The number of nitrogens with zero attached hydrogens (tertiary/aromatic N) is 2.